The van der Waals surface area contributed by atoms with Gasteiger partial charge in [-0.2, -0.15) is 22.0 Å². The molecule has 2 aromatic carbocycles. The molecular weight excluding hydrogens is 427 g/mol. The molecule has 3 nitrogen and oxygen atoms in total. The summed E-state index contributed by atoms with van der Waals surface area (Å²) in [6.45, 7) is 12.5. The van der Waals surface area contributed by atoms with E-state index in [0.717, 1.165) is 21.3 Å². The van der Waals surface area contributed by atoms with Crippen LogP contribution in [0.5, 0.6) is 0 Å². The van der Waals surface area contributed by atoms with E-state index in [4.69, 9.17) is 6.57 Å². The van der Waals surface area contributed by atoms with Gasteiger partial charge in [-0.1, -0.05) is 47.5 Å². The number of aromatic nitrogens is 1. The van der Waals surface area contributed by atoms with Crippen molar-refractivity contribution in [1.29, 1.82) is 0 Å². The van der Waals surface area contributed by atoms with Gasteiger partial charge in [0.05, 0.1) is 13.1 Å². The van der Waals surface area contributed by atoms with E-state index >= 15 is 0 Å². The number of halogens is 5. The second-order valence-electron chi connectivity index (χ2n) is 7.67. The second-order valence-corrected chi connectivity index (χ2v) is 7.67. The monoisotopic (exact) mass is 446 g/mol. The first-order valence-corrected chi connectivity index (χ1v) is 9.60. The van der Waals surface area contributed by atoms with Gasteiger partial charge in [-0.25, -0.2) is 4.85 Å². The maximum absolute atomic E-state index is 14.3. The van der Waals surface area contributed by atoms with Gasteiger partial charge in [0.15, 0.2) is 0 Å². The summed E-state index contributed by atoms with van der Waals surface area (Å²) < 4.78 is 69.1. The first kappa shape index (κ1) is 23.2. The standard InChI is InChI=1S/C24H19F5N2O/c1-14-6-5-7-17(11-14)20-12-19(23(25,26)24(27,28)29)21(30-4)22(32)31(20)13-18-9-8-15(2)10-16(18)3/h5-12H,13H2,1-3H3. The maximum Gasteiger partial charge on any atom is 0.456 e. The highest BCUT2D eigenvalue weighted by Gasteiger charge is 2.60. The Morgan fingerprint density at radius 1 is 0.938 bits per heavy atom. The Labute approximate surface area is 181 Å². The van der Waals surface area contributed by atoms with Gasteiger partial charge in [-0.3, -0.25) is 4.79 Å². The summed E-state index contributed by atoms with van der Waals surface area (Å²) in [7, 11) is 0. The molecule has 8 heteroatoms. The van der Waals surface area contributed by atoms with E-state index in [9.17, 15) is 26.7 Å². The summed E-state index contributed by atoms with van der Waals surface area (Å²) in [5, 5.41) is 0. The minimum absolute atomic E-state index is 0.0887. The van der Waals surface area contributed by atoms with Crippen molar-refractivity contribution in [3.8, 4) is 11.3 Å². The van der Waals surface area contributed by atoms with Gasteiger partial charge in [-0.05, 0) is 49.6 Å². The Kier molecular flexibility index (Phi) is 5.96. The fourth-order valence-electron chi connectivity index (χ4n) is 3.53. The van der Waals surface area contributed by atoms with Gasteiger partial charge >= 0.3 is 12.1 Å². The maximum atomic E-state index is 14.3. The van der Waals surface area contributed by atoms with Crippen molar-refractivity contribution in [2.24, 2.45) is 0 Å². The molecule has 3 rings (SSSR count). The van der Waals surface area contributed by atoms with Crippen LogP contribution in [0.15, 0.2) is 53.3 Å². The molecule has 0 radical (unpaired) electrons. The normalized spacial score (nSPS) is 12.0. The van der Waals surface area contributed by atoms with Gasteiger partial charge < -0.3 is 4.57 Å². The zero-order chi connectivity index (χ0) is 23.8. The molecule has 0 spiro atoms. The minimum Gasteiger partial charge on any atom is -0.313 e. The highest BCUT2D eigenvalue weighted by Crippen LogP contribution is 2.47. The van der Waals surface area contributed by atoms with Gasteiger partial charge in [0.2, 0.25) is 0 Å². The lowest BCUT2D eigenvalue weighted by Gasteiger charge is -2.24. The molecule has 0 atom stereocenters. The summed E-state index contributed by atoms with van der Waals surface area (Å²) >= 11 is 0. The van der Waals surface area contributed by atoms with E-state index in [0.29, 0.717) is 17.2 Å². The lowest BCUT2D eigenvalue weighted by molar-refractivity contribution is -0.289. The number of hydrogen-bond acceptors (Lipinski definition) is 1. The number of benzene rings is 2. The van der Waals surface area contributed by atoms with Crippen LogP contribution in [-0.2, 0) is 12.5 Å². The number of aryl methyl sites for hydroxylation is 3. The fraction of sp³-hybridized carbons (Fsp3) is 0.250. The molecule has 0 bridgehead atoms. The van der Waals surface area contributed by atoms with Crippen molar-refractivity contribution in [3.63, 3.8) is 0 Å². The van der Waals surface area contributed by atoms with Gasteiger partial charge in [0.25, 0.3) is 11.2 Å². The lowest BCUT2D eigenvalue weighted by atomic mass is 10.00. The third-order valence-electron chi connectivity index (χ3n) is 5.22. The predicted molar refractivity (Wildman–Crippen MR) is 112 cm³/mol. The van der Waals surface area contributed by atoms with Crippen LogP contribution < -0.4 is 5.56 Å². The van der Waals surface area contributed by atoms with Crippen molar-refractivity contribution < 1.29 is 22.0 Å². The Balaban J connectivity index is 2.38. The summed E-state index contributed by atoms with van der Waals surface area (Å²) in [6, 6.07) is 12.5. The van der Waals surface area contributed by atoms with E-state index in [-0.39, 0.29) is 12.2 Å². The van der Waals surface area contributed by atoms with Crippen LogP contribution in [-0.4, -0.2) is 10.7 Å². The molecule has 0 fully saturated rings. The average molecular weight is 446 g/mol. The van der Waals surface area contributed by atoms with Crippen LogP contribution in [0, 0.1) is 27.3 Å². The summed E-state index contributed by atoms with van der Waals surface area (Å²) in [4.78, 5) is 15.9. The van der Waals surface area contributed by atoms with Crippen LogP contribution in [0.1, 0.15) is 27.8 Å². The molecule has 0 aliphatic rings. The largest absolute Gasteiger partial charge is 0.456 e. The molecule has 0 aliphatic carbocycles. The highest BCUT2D eigenvalue weighted by atomic mass is 19.4. The van der Waals surface area contributed by atoms with Crippen molar-refractivity contribution in [2.45, 2.75) is 39.4 Å². The van der Waals surface area contributed by atoms with E-state index < -0.39 is 28.9 Å². The second kappa shape index (κ2) is 8.23. The van der Waals surface area contributed by atoms with E-state index in [1.165, 1.54) is 6.07 Å². The summed E-state index contributed by atoms with van der Waals surface area (Å²) in [5.74, 6) is -5.36. The molecule has 166 valence electrons. The Morgan fingerprint density at radius 2 is 1.59 bits per heavy atom. The topological polar surface area (TPSA) is 26.4 Å². The predicted octanol–water partition coefficient (Wildman–Crippen LogP) is 6.69. The third kappa shape index (κ3) is 4.15. The molecular formula is C24H19F5N2O. The first-order valence-electron chi connectivity index (χ1n) is 9.60. The third-order valence-corrected chi connectivity index (χ3v) is 5.22. The van der Waals surface area contributed by atoms with Crippen LogP contribution in [0.4, 0.5) is 27.6 Å². The molecule has 0 unspecified atom stereocenters. The van der Waals surface area contributed by atoms with E-state index in [1.807, 2.05) is 26.0 Å². The van der Waals surface area contributed by atoms with E-state index in [1.54, 1.807) is 31.2 Å². The highest BCUT2D eigenvalue weighted by molar-refractivity contribution is 5.67. The van der Waals surface area contributed by atoms with Crippen molar-refractivity contribution >= 4 is 5.69 Å². The zero-order valence-electron chi connectivity index (χ0n) is 17.5. The molecule has 0 saturated carbocycles. The minimum atomic E-state index is -5.96. The summed E-state index contributed by atoms with van der Waals surface area (Å²) in [6.07, 6.45) is -5.96. The van der Waals surface area contributed by atoms with Gasteiger partial charge in [0, 0.05) is 11.3 Å². The quantitative estimate of drug-likeness (QED) is 0.324. The molecule has 0 saturated heterocycles. The fourth-order valence-corrected chi connectivity index (χ4v) is 3.53. The molecule has 32 heavy (non-hydrogen) atoms. The number of nitrogens with zero attached hydrogens (tertiary/aromatic N) is 2. The zero-order valence-corrected chi connectivity index (χ0v) is 17.5. The van der Waals surface area contributed by atoms with Gasteiger partial charge in [-0.15, -0.1) is 0 Å². The molecule has 0 amide bonds. The number of alkyl halides is 5. The van der Waals surface area contributed by atoms with Crippen LogP contribution in [0.25, 0.3) is 16.1 Å². The number of pyridine rings is 1. The van der Waals surface area contributed by atoms with Crippen molar-refractivity contribution in [3.05, 3.63) is 98.1 Å². The van der Waals surface area contributed by atoms with Crippen molar-refractivity contribution in [2.75, 3.05) is 0 Å². The Hall–Kier alpha value is -3.47. The van der Waals surface area contributed by atoms with Crippen LogP contribution in [0.2, 0.25) is 0 Å². The SMILES string of the molecule is [C-]#[N+]c1c(C(F)(F)C(F)(F)F)cc(-c2cccc(C)c2)n(Cc2ccc(C)cc2C)c1=O. The average Bonchev–Trinajstić information content (AvgIpc) is 2.69. The molecule has 0 N–H and O–H groups in total. The van der Waals surface area contributed by atoms with Crippen molar-refractivity contribution in [1.82, 2.24) is 4.57 Å². The molecule has 3 aromatic rings. The van der Waals surface area contributed by atoms with Gasteiger partial charge in [0.1, 0.15) is 0 Å². The number of hydrogen-bond donors (Lipinski definition) is 0. The van der Waals surface area contributed by atoms with Crippen LogP contribution >= 0.6 is 0 Å². The molecule has 1 heterocycles. The van der Waals surface area contributed by atoms with Crippen LogP contribution in [0.3, 0.4) is 0 Å². The smallest absolute Gasteiger partial charge is 0.313 e. The summed E-state index contributed by atoms with van der Waals surface area (Å²) in [5.41, 5.74) is -0.706. The van der Waals surface area contributed by atoms with E-state index in [2.05, 4.69) is 4.85 Å². The number of rotatable bonds is 4. The first-order chi connectivity index (χ1) is 14.9. The lowest BCUT2D eigenvalue weighted by Crippen LogP contribution is -2.36. The Morgan fingerprint density at radius 3 is 2.16 bits per heavy atom. The molecule has 0 aliphatic heterocycles. The molecule has 1 aromatic heterocycles. The Bertz CT molecular complexity index is 1280.